The number of anilines is 1. The number of rotatable bonds is 6. The van der Waals surface area contributed by atoms with Crippen LogP contribution in [-0.2, 0) is 16.1 Å². The second kappa shape index (κ2) is 8.49. The second-order valence-electron chi connectivity index (χ2n) is 6.71. The van der Waals surface area contributed by atoms with Crippen molar-refractivity contribution in [3.05, 3.63) is 73.6 Å². The molecule has 1 N–H and O–H groups in total. The van der Waals surface area contributed by atoms with Crippen LogP contribution in [0.1, 0.15) is 26.5 Å². The third kappa shape index (κ3) is 4.42. The molecule has 0 aliphatic carbocycles. The summed E-state index contributed by atoms with van der Waals surface area (Å²) in [5.41, 5.74) is 1.42. The van der Waals surface area contributed by atoms with E-state index in [4.69, 9.17) is 11.6 Å². The molecule has 3 aromatic rings. The van der Waals surface area contributed by atoms with Crippen LogP contribution in [0.3, 0.4) is 0 Å². The molecule has 1 saturated heterocycles. The lowest BCUT2D eigenvalue weighted by Crippen LogP contribution is -2.32. The molecule has 1 aliphatic rings. The number of hydrogen-bond donors (Lipinski definition) is 1. The van der Waals surface area contributed by atoms with Gasteiger partial charge in [-0.2, -0.15) is 11.3 Å². The van der Waals surface area contributed by atoms with Gasteiger partial charge in [-0.05, 0) is 47.8 Å². The molecule has 8 heteroatoms. The van der Waals surface area contributed by atoms with Crippen LogP contribution in [0.4, 0.5) is 5.69 Å². The minimum atomic E-state index is -0.398. The highest BCUT2D eigenvalue weighted by Gasteiger charge is 2.35. The predicted octanol–water partition coefficient (Wildman–Crippen LogP) is 4.36. The van der Waals surface area contributed by atoms with Crippen LogP contribution in [0.15, 0.2) is 53.2 Å². The van der Waals surface area contributed by atoms with Crippen molar-refractivity contribution in [2.45, 2.75) is 13.0 Å². The first-order valence-corrected chi connectivity index (χ1v) is 11.1. The molecule has 2 amide bonds. The molecule has 0 saturated carbocycles. The first-order valence-electron chi connectivity index (χ1n) is 9.00. The number of hydrogen-bond acceptors (Lipinski definition) is 5. The Hall–Kier alpha value is -2.48. The van der Waals surface area contributed by atoms with Crippen LogP contribution < -0.4 is 10.2 Å². The number of nitrogens with one attached hydrogen (secondary N) is 1. The average molecular weight is 445 g/mol. The number of carbonyl (C=O) groups is 3. The molecule has 4 rings (SSSR count). The van der Waals surface area contributed by atoms with E-state index in [1.165, 1.54) is 22.7 Å². The Kier molecular flexibility index (Phi) is 5.80. The Morgan fingerprint density at radius 1 is 1.14 bits per heavy atom. The minimum absolute atomic E-state index is 0.00572. The van der Waals surface area contributed by atoms with Gasteiger partial charge in [-0.3, -0.25) is 14.4 Å². The summed E-state index contributed by atoms with van der Waals surface area (Å²) in [7, 11) is 0. The zero-order valence-electron chi connectivity index (χ0n) is 15.3. The first kappa shape index (κ1) is 19.8. The molecule has 0 bridgehead atoms. The lowest BCUT2D eigenvalue weighted by atomic mass is 10.1. The van der Waals surface area contributed by atoms with E-state index >= 15 is 0 Å². The highest BCUT2D eigenvalue weighted by Crippen LogP contribution is 2.27. The van der Waals surface area contributed by atoms with E-state index in [9.17, 15) is 14.4 Å². The predicted molar refractivity (Wildman–Crippen MR) is 116 cm³/mol. The van der Waals surface area contributed by atoms with Gasteiger partial charge in [0.2, 0.25) is 17.6 Å². The summed E-state index contributed by atoms with van der Waals surface area (Å²) in [5, 5.41) is 7.19. The summed E-state index contributed by atoms with van der Waals surface area (Å²) >= 11 is 8.76. The molecular weight excluding hydrogens is 428 g/mol. The molecule has 1 atom stereocenters. The van der Waals surface area contributed by atoms with E-state index in [1.54, 1.807) is 41.3 Å². The Morgan fingerprint density at radius 3 is 2.66 bits per heavy atom. The molecular formula is C21H17ClN2O3S2. The summed E-state index contributed by atoms with van der Waals surface area (Å²) in [5.74, 6) is -0.639. The number of ketones is 1. The van der Waals surface area contributed by atoms with Gasteiger partial charge in [-0.15, -0.1) is 11.3 Å². The van der Waals surface area contributed by atoms with Crippen molar-refractivity contribution in [3.63, 3.8) is 0 Å². The van der Waals surface area contributed by atoms with E-state index in [-0.39, 0.29) is 24.0 Å². The summed E-state index contributed by atoms with van der Waals surface area (Å²) in [6.45, 7) is 0.685. The van der Waals surface area contributed by atoms with Crippen molar-refractivity contribution in [1.29, 1.82) is 0 Å². The zero-order valence-corrected chi connectivity index (χ0v) is 17.7. The molecule has 1 aliphatic heterocycles. The van der Waals surface area contributed by atoms with E-state index in [2.05, 4.69) is 5.32 Å². The molecule has 29 heavy (non-hydrogen) atoms. The lowest BCUT2D eigenvalue weighted by Gasteiger charge is -2.16. The van der Waals surface area contributed by atoms with Gasteiger partial charge in [0.1, 0.15) is 0 Å². The maximum Gasteiger partial charge on any atom is 0.227 e. The number of benzene rings is 1. The van der Waals surface area contributed by atoms with Crippen molar-refractivity contribution in [2.75, 3.05) is 11.4 Å². The largest absolute Gasteiger partial charge is 0.351 e. The SMILES string of the molecule is O=C(c1ccsc1)c1ccc(CNC(=O)C2CC(=O)N(c3ccc(Cl)cc3)C2)s1. The van der Waals surface area contributed by atoms with Crippen molar-refractivity contribution in [1.82, 2.24) is 5.32 Å². The second-order valence-corrected chi connectivity index (χ2v) is 9.09. The Morgan fingerprint density at radius 2 is 1.93 bits per heavy atom. The lowest BCUT2D eigenvalue weighted by molar-refractivity contribution is -0.126. The standard InChI is InChI=1S/C21H17ClN2O3S2/c22-15-1-3-16(4-2-15)24-11-14(9-19(24)25)21(27)23-10-17-5-6-18(29-17)20(26)13-7-8-28-12-13/h1-8,12,14H,9-11H2,(H,23,27). The molecule has 1 aromatic carbocycles. The summed E-state index contributed by atoms with van der Waals surface area (Å²) < 4.78 is 0. The van der Waals surface area contributed by atoms with Crippen molar-refractivity contribution in [2.24, 2.45) is 5.92 Å². The third-order valence-electron chi connectivity index (χ3n) is 4.74. The van der Waals surface area contributed by atoms with Crippen LogP contribution in [-0.4, -0.2) is 24.1 Å². The first-order chi connectivity index (χ1) is 14.0. The topological polar surface area (TPSA) is 66.5 Å². The number of amides is 2. The van der Waals surface area contributed by atoms with Crippen LogP contribution in [0.5, 0.6) is 0 Å². The fourth-order valence-corrected chi connectivity index (χ4v) is 4.87. The van der Waals surface area contributed by atoms with Crippen LogP contribution in [0.2, 0.25) is 5.02 Å². The van der Waals surface area contributed by atoms with Crippen LogP contribution in [0.25, 0.3) is 0 Å². The fraction of sp³-hybridized carbons (Fsp3) is 0.190. The maximum absolute atomic E-state index is 12.6. The van der Waals surface area contributed by atoms with Gasteiger partial charge in [-0.25, -0.2) is 0 Å². The molecule has 5 nitrogen and oxygen atoms in total. The van der Waals surface area contributed by atoms with Crippen molar-refractivity contribution < 1.29 is 14.4 Å². The number of halogens is 1. The Labute approximate surface area is 180 Å². The van der Waals surface area contributed by atoms with Crippen LogP contribution >= 0.6 is 34.3 Å². The Balaban J connectivity index is 1.34. The smallest absolute Gasteiger partial charge is 0.227 e. The zero-order chi connectivity index (χ0) is 20.4. The van der Waals surface area contributed by atoms with E-state index < -0.39 is 5.92 Å². The number of thiophene rings is 2. The molecule has 3 heterocycles. The van der Waals surface area contributed by atoms with Gasteiger partial charge in [0.25, 0.3) is 0 Å². The molecule has 2 aromatic heterocycles. The minimum Gasteiger partial charge on any atom is -0.351 e. The molecule has 0 radical (unpaired) electrons. The Bertz CT molecular complexity index is 1040. The van der Waals surface area contributed by atoms with Gasteiger partial charge < -0.3 is 10.2 Å². The molecule has 1 unspecified atom stereocenters. The molecule has 0 spiro atoms. The maximum atomic E-state index is 12.6. The summed E-state index contributed by atoms with van der Waals surface area (Å²) in [6, 6.07) is 12.4. The third-order valence-corrected chi connectivity index (χ3v) is 6.76. The highest BCUT2D eigenvalue weighted by molar-refractivity contribution is 7.14. The van der Waals surface area contributed by atoms with Gasteiger partial charge in [0.15, 0.2) is 0 Å². The average Bonchev–Trinajstić information content (AvgIpc) is 3.47. The van der Waals surface area contributed by atoms with Gasteiger partial charge >= 0.3 is 0 Å². The molecule has 148 valence electrons. The van der Waals surface area contributed by atoms with Crippen molar-refractivity contribution >= 4 is 57.6 Å². The number of carbonyl (C=O) groups excluding carboxylic acids is 3. The van der Waals surface area contributed by atoms with Crippen LogP contribution in [0, 0.1) is 5.92 Å². The highest BCUT2D eigenvalue weighted by atomic mass is 35.5. The van der Waals surface area contributed by atoms with Crippen molar-refractivity contribution in [3.8, 4) is 0 Å². The molecule has 1 fully saturated rings. The summed E-state index contributed by atoms with van der Waals surface area (Å²) in [6.07, 6.45) is 0.181. The monoisotopic (exact) mass is 444 g/mol. The van der Waals surface area contributed by atoms with E-state index in [1.807, 2.05) is 16.8 Å². The van der Waals surface area contributed by atoms with Gasteiger partial charge in [0, 0.05) is 39.5 Å². The van der Waals surface area contributed by atoms with Gasteiger partial charge in [0.05, 0.1) is 17.3 Å². The number of nitrogens with zero attached hydrogens (tertiary/aromatic N) is 1. The van der Waals surface area contributed by atoms with E-state index in [0.717, 1.165) is 10.6 Å². The fourth-order valence-electron chi connectivity index (χ4n) is 3.20. The quantitative estimate of drug-likeness (QED) is 0.574. The normalized spacial score (nSPS) is 16.2. The van der Waals surface area contributed by atoms with E-state index in [0.29, 0.717) is 28.6 Å². The summed E-state index contributed by atoms with van der Waals surface area (Å²) in [4.78, 5) is 40.4. The van der Waals surface area contributed by atoms with Gasteiger partial charge in [-0.1, -0.05) is 11.6 Å².